The van der Waals surface area contributed by atoms with Gasteiger partial charge in [0.25, 0.3) is 0 Å². The second-order valence-electron chi connectivity index (χ2n) is 7.30. The molecule has 2 aromatic carbocycles. The first-order valence-corrected chi connectivity index (χ1v) is 9.75. The van der Waals surface area contributed by atoms with Crippen LogP contribution in [0.4, 0.5) is 10.5 Å². The smallest absolute Gasteiger partial charge is 0.319 e. The lowest BCUT2D eigenvalue weighted by Gasteiger charge is -2.32. The Kier molecular flexibility index (Phi) is 6.66. The van der Waals surface area contributed by atoms with Crippen molar-refractivity contribution in [2.75, 3.05) is 31.5 Å². The summed E-state index contributed by atoms with van der Waals surface area (Å²) >= 11 is 0. The molecule has 0 unspecified atom stereocenters. The number of urea groups is 1. The lowest BCUT2D eigenvalue weighted by Crippen LogP contribution is -2.40. The summed E-state index contributed by atoms with van der Waals surface area (Å²) in [7, 11) is 0. The van der Waals surface area contributed by atoms with Gasteiger partial charge in [-0.15, -0.1) is 0 Å². The van der Waals surface area contributed by atoms with E-state index in [0.717, 1.165) is 38.0 Å². The van der Waals surface area contributed by atoms with Crippen LogP contribution in [0, 0.1) is 6.92 Å². The predicted molar refractivity (Wildman–Crippen MR) is 112 cm³/mol. The van der Waals surface area contributed by atoms with Gasteiger partial charge in [0.2, 0.25) is 5.91 Å². The Hall–Kier alpha value is -2.86. The molecule has 0 atom stereocenters. The van der Waals surface area contributed by atoms with Crippen molar-refractivity contribution in [2.45, 2.75) is 25.7 Å². The zero-order valence-corrected chi connectivity index (χ0v) is 16.3. The highest BCUT2D eigenvalue weighted by atomic mass is 16.2. The number of hydrogen-bond acceptors (Lipinski definition) is 3. The summed E-state index contributed by atoms with van der Waals surface area (Å²) in [6.07, 6.45) is 2.31. The third kappa shape index (κ3) is 5.33. The molecule has 2 aromatic rings. The average molecular weight is 380 g/mol. The minimum Gasteiger partial charge on any atom is -0.366 e. The third-order valence-corrected chi connectivity index (χ3v) is 5.33. The van der Waals surface area contributed by atoms with E-state index in [1.807, 2.05) is 6.92 Å². The quantitative estimate of drug-likeness (QED) is 0.720. The van der Waals surface area contributed by atoms with Gasteiger partial charge in [-0.25, -0.2) is 4.79 Å². The molecule has 1 fully saturated rings. The van der Waals surface area contributed by atoms with Crippen LogP contribution in [0.25, 0.3) is 0 Å². The van der Waals surface area contributed by atoms with E-state index in [9.17, 15) is 9.59 Å². The zero-order chi connectivity index (χ0) is 19.9. The number of nitrogens with two attached hydrogens (primary N) is 1. The first-order chi connectivity index (χ1) is 13.5. The molecule has 6 nitrogen and oxygen atoms in total. The fourth-order valence-corrected chi connectivity index (χ4v) is 3.67. The van der Waals surface area contributed by atoms with E-state index in [-0.39, 0.29) is 6.03 Å². The molecule has 3 rings (SSSR count). The Morgan fingerprint density at radius 1 is 1.11 bits per heavy atom. The van der Waals surface area contributed by atoms with Crippen molar-refractivity contribution in [1.82, 2.24) is 10.2 Å². The van der Waals surface area contributed by atoms with Gasteiger partial charge in [-0.05, 0) is 68.1 Å². The number of hydrogen-bond donors (Lipinski definition) is 3. The van der Waals surface area contributed by atoms with Crippen molar-refractivity contribution < 1.29 is 9.59 Å². The maximum Gasteiger partial charge on any atom is 0.319 e. The minimum absolute atomic E-state index is 0.242. The van der Waals surface area contributed by atoms with Crippen molar-refractivity contribution >= 4 is 17.6 Å². The average Bonchev–Trinajstić information content (AvgIpc) is 2.70. The fourth-order valence-electron chi connectivity index (χ4n) is 3.67. The van der Waals surface area contributed by atoms with Gasteiger partial charge in [0.05, 0.1) is 0 Å². The van der Waals surface area contributed by atoms with E-state index < -0.39 is 5.91 Å². The van der Waals surface area contributed by atoms with Gasteiger partial charge < -0.3 is 21.3 Å². The Morgan fingerprint density at radius 3 is 2.46 bits per heavy atom. The Morgan fingerprint density at radius 2 is 1.82 bits per heavy atom. The number of benzene rings is 2. The lowest BCUT2D eigenvalue weighted by atomic mass is 9.89. The number of rotatable bonds is 6. The molecule has 1 aliphatic rings. The molecule has 1 heterocycles. The van der Waals surface area contributed by atoms with Gasteiger partial charge >= 0.3 is 6.03 Å². The number of primary amides is 1. The summed E-state index contributed by atoms with van der Waals surface area (Å²) in [5.41, 5.74) is 8.60. The van der Waals surface area contributed by atoms with Crippen LogP contribution in [0.5, 0.6) is 0 Å². The topological polar surface area (TPSA) is 87.5 Å². The number of aryl methyl sites for hydroxylation is 1. The predicted octanol–water partition coefficient (Wildman–Crippen LogP) is 3.10. The van der Waals surface area contributed by atoms with Crippen LogP contribution < -0.4 is 16.4 Å². The molecule has 0 aromatic heterocycles. The maximum atomic E-state index is 12.1. The molecule has 0 bridgehead atoms. The number of carbonyl (C=O) groups excluding carboxylic acids is 2. The summed E-state index contributed by atoms with van der Waals surface area (Å²) < 4.78 is 0. The molecule has 0 saturated carbocycles. The fraction of sp³-hybridized carbons (Fsp3) is 0.364. The first-order valence-electron chi connectivity index (χ1n) is 9.75. The molecule has 28 heavy (non-hydrogen) atoms. The van der Waals surface area contributed by atoms with Gasteiger partial charge in [-0.3, -0.25) is 4.79 Å². The lowest BCUT2D eigenvalue weighted by molar-refractivity contribution is 0.1000. The normalized spacial score (nSPS) is 15.2. The van der Waals surface area contributed by atoms with Crippen molar-refractivity contribution in [3.63, 3.8) is 0 Å². The van der Waals surface area contributed by atoms with Crippen LogP contribution in [-0.4, -0.2) is 43.0 Å². The first kappa shape index (κ1) is 19.9. The van der Waals surface area contributed by atoms with Crippen LogP contribution in [0.15, 0.2) is 48.5 Å². The molecule has 0 spiro atoms. The molecule has 6 heteroatoms. The van der Waals surface area contributed by atoms with Gasteiger partial charge in [0.15, 0.2) is 0 Å². The number of amides is 3. The van der Waals surface area contributed by atoms with Crippen molar-refractivity contribution in [2.24, 2.45) is 5.73 Å². The van der Waals surface area contributed by atoms with Gasteiger partial charge in [-0.1, -0.05) is 30.3 Å². The summed E-state index contributed by atoms with van der Waals surface area (Å²) in [4.78, 5) is 25.7. The molecule has 1 aliphatic heterocycles. The van der Waals surface area contributed by atoms with E-state index in [1.165, 1.54) is 5.56 Å². The molecular formula is C22H28N4O2. The number of piperidine rings is 1. The molecule has 4 N–H and O–H groups in total. The highest BCUT2D eigenvalue weighted by Gasteiger charge is 2.20. The molecule has 1 saturated heterocycles. The number of anilines is 1. The van der Waals surface area contributed by atoms with Crippen LogP contribution >= 0.6 is 0 Å². The Labute approximate surface area is 166 Å². The van der Waals surface area contributed by atoms with Crippen LogP contribution in [-0.2, 0) is 0 Å². The summed E-state index contributed by atoms with van der Waals surface area (Å²) in [6, 6.07) is 15.4. The van der Waals surface area contributed by atoms with Gasteiger partial charge in [-0.2, -0.15) is 0 Å². The van der Waals surface area contributed by atoms with E-state index in [1.54, 1.807) is 18.2 Å². The van der Waals surface area contributed by atoms with Crippen molar-refractivity contribution in [3.8, 4) is 0 Å². The summed E-state index contributed by atoms with van der Waals surface area (Å²) in [5.74, 6) is 0.162. The van der Waals surface area contributed by atoms with Crippen molar-refractivity contribution in [3.05, 3.63) is 65.2 Å². The second kappa shape index (κ2) is 9.37. The third-order valence-electron chi connectivity index (χ3n) is 5.33. The van der Waals surface area contributed by atoms with Crippen molar-refractivity contribution in [1.29, 1.82) is 0 Å². The van der Waals surface area contributed by atoms with E-state index in [4.69, 9.17) is 5.73 Å². The number of likely N-dealkylation sites (tertiary alicyclic amines) is 1. The Balaban J connectivity index is 1.39. The highest BCUT2D eigenvalue weighted by Crippen LogP contribution is 2.27. The monoisotopic (exact) mass is 380 g/mol. The van der Waals surface area contributed by atoms with Gasteiger partial charge in [0.1, 0.15) is 0 Å². The molecule has 3 amide bonds. The SMILES string of the molecule is Cc1cc(C(N)=O)ccc1NC(=O)NCCN1CCC(c2ccccc2)CC1. The standard InChI is InChI=1S/C22H28N4O2/c1-16-15-19(21(23)27)7-8-20(16)25-22(28)24-11-14-26-12-9-18(10-13-26)17-5-3-2-4-6-17/h2-8,15,18H,9-14H2,1H3,(H2,23,27)(H2,24,25,28). The molecule has 148 valence electrons. The minimum atomic E-state index is -0.477. The van der Waals surface area contributed by atoms with E-state index >= 15 is 0 Å². The molecule has 0 aliphatic carbocycles. The number of nitrogens with one attached hydrogen (secondary N) is 2. The van der Waals surface area contributed by atoms with E-state index in [0.29, 0.717) is 23.7 Å². The van der Waals surface area contributed by atoms with E-state index in [2.05, 4.69) is 45.9 Å². The van der Waals surface area contributed by atoms with Crippen LogP contribution in [0.1, 0.15) is 40.2 Å². The summed E-state index contributed by atoms with van der Waals surface area (Å²) in [5, 5.41) is 5.72. The molecule has 0 radical (unpaired) electrons. The largest absolute Gasteiger partial charge is 0.366 e. The van der Waals surface area contributed by atoms with Crippen LogP contribution in [0.3, 0.4) is 0 Å². The van der Waals surface area contributed by atoms with Crippen LogP contribution in [0.2, 0.25) is 0 Å². The highest BCUT2D eigenvalue weighted by molar-refractivity contribution is 5.95. The second-order valence-corrected chi connectivity index (χ2v) is 7.30. The van der Waals surface area contributed by atoms with Gasteiger partial charge in [0, 0.05) is 24.3 Å². The number of carbonyl (C=O) groups is 2. The molecular weight excluding hydrogens is 352 g/mol. The maximum absolute atomic E-state index is 12.1. The number of nitrogens with zero attached hydrogens (tertiary/aromatic N) is 1. The summed E-state index contributed by atoms with van der Waals surface area (Å²) in [6.45, 7) is 5.38. The Bertz CT molecular complexity index is 815. The zero-order valence-electron chi connectivity index (χ0n) is 16.3.